The van der Waals surface area contributed by atoms with E-state index in [1.807, 2.05) is 26.0 Å². The highest BCUT2D eigenvalue weighted by atomic mass is 16.5. The lowest BCUT2D eigenvalue weighted by atomic mass is 10.3. The Bertz CT molecular complexity index is 137. The summed E-state index contributed by atoms with van der Waals surface area (Å²) in [4.78, 5) is 9.91. The van der Waals surface area contributed by atoms with Gasteiger partial charge >= 0.3 is 5.97 Å². The number of carbonyl (C=O) groups is 1. The van der Waals surface area contributed by atoms with Crippen molar-refractivity contribution in [1.29, 1.82) is 0 Å². The van der Waals surface area contributed by atoms with Crippen molar-refractivity contribution < 1.29 is 14.6 Å². The Labute approximate surface area is 86.8 Å². The van der Waals surface area contributed by atoms with Gasteiger partial charge < -0.3 is 9.84 Å². The van der Waals surface area contributed by atoms with Gasteiger partial charge in [0.2, 0.25) is 0 Å². The van der Waals surface area contributed by atoms with Crippen molar-refractivity contribution in [2.24, 2.45) is 0 Å². The largest absolute Gasteiger partial charge is 0.480 e. The average Bonchev–Trinajstić information content (AvgIpc) is 2.18. The lowest BCUT2D eigenvalue weighted by Gasteiger charge is -1.98. The number of hydrogen-bond donors (Lipinski definition) is 1. The second-order valence-electron chi connectivity index (χ2n) is 2.82. The van der Waals surface area contributed by atoms with E-state index in [0.29, 0.717) is 6.61 Å². The number of unbranched alkanes of at least 4 members (excludes halogenated alkanes) is 2. The molecule has 0 saturated carbocycles. The van der Waals surface area contributed by atoms with Crippen molar-refractivity contribution in [3.63, 3.8) is 0 Å². The molecule has 0 aliphatic heterocycles. The summed E-state index contributed by atoms with van der Waals surface area (Å²) in [5.41, 5.74) is 0. The first-order valence-corrected chi connectivity index (χ1v) is 5.05. The molecule has 0 heterocycles. The Morgan fingerprint density at radius 2 is 1.86 bits per heavy atom. The lowest BCUT2D eigenvalue weighted by molar-refractivity contribution is -0.142. The maximum Gasteiger partial charge on any atom is 0.329 e. The van der Waals surface area contributed by atoms with E-state index in [1.54, 1.807) is 0 Å². The van der Waals surface area contributed by atoms with Crippen LogP contribution < -0.4 is 0 Å². The van der Waals surface area contributed by atoms with Crippen molar-refractivity contribution in [3.8, 4) is 0 Å². The molecule has 0 saturated heterocycles. The third-order valence-corrected chi connectivity index (χ3v) is 1.45. The van der Waals surface area contributed by atoms with Crippen LogP contribution in [0.5, 0.6) is 0 Å². The maximum absolute atomic E-state index is 9.91. The third-order valence-electron chi connectivity index (χ3n) is 1.45. The van der Waals surface area contributed by atoms with Crippen LogP contribution in [0.25, 0.3) is 0 Å². The van der Waals surface area contributed by atoms with Crippen LogP contribution in [0.1, 0.15) is 40.0 Å². The van der Waals surface area contributed by atoms with Crippen molar-refractivity contribution >= 4 is 5.97 Å². The normalized spacial score (nSPS) is 9.64. The van der Waals surface area contributed by atoms with E-state index in [2.05, 4.69) is 6.92 Å². The number of carboxylic acids is 1. The van der Waals surface area contributed by atoms with Gasteiger partial charge in [0.05, 0.1) is 0 Å². The molecule has 0 spiro atoms. The molecule has 0 rings (SSSR count). The SMILES string of the molecule is CC=CC.CCCCCOCC(=O)O. The maximum atomic E-state index is 9.91. The number of aliphatic carboxylic acids is 1. The van der Waals surface area contributed by atoms with Crippen molar-refractivity contribution in [2.75, 3.05) is 13.2 Å². The molecule has 0 amide bonds. The van der Waals surface area contributed by atoms with Gasteiger partial charge in [-0.3, -0.25) is 0 Å². The number of rotatable bonds is 6. The van der Waals surface area contributed by atoms with E-state index in [4.69, 9.17) is 9.84 Å². The molecular formula is C11H22O3. The number of hydrogen-bond acceptors (Lipinski definition) is 2. The standard InChI is InChI=1S/C7H14O3.C4H8/c1-2-3-4-5-10-6-7(8)9;1-3-4-2/h2-6H2,1H3,(H,8,9);3-4H,1-2H3. The topological polar surface area (TPSA) is 46.5 Å². The van der Waals surface area contributed by atoms with Gasteiger partial charge in [-0.25, -0.2) is 4.79 Å². The summed E-state index contributed by atoms with van der Waals surface area (Å²) in [6.07, 6.45) is 7.21. The molecule has 3 nitrogen and oxygen atoms in total. The van der Waals surface area contributed by atoms with Gasteiger partial charge in [0, 0.05) is 6.61 Å². The van der Waals surface area contributed by atoms with Gasteiger partial charge in [-0.2, -0.15) is 0 Å². The first kappa shape index (κ1) is 15.6. The van der Waals surface area contributed by atoms with Gasteiger partial charge in [-0.15, -0.1) is 0 Å². The molecule has 0 aliphatic carbocycles. The van der Waals surface area contributed by atoms with Gasteiger partial charge in [0.15, 0.2) is 0 Å². The summed E-state index contributed by atoms with van der Waals surface area (Å²) in [5, 5.41) is 8.15. The Morgan fingerprint density at radius 1 is 1.29 bits per heavy atom. The van der Waals surface area contributed by atoms with E-state index >= 15 is 0 Å². The molecular weight excluding hydrogens is 180 g/mol. The summed E-state index contributed by atoms with van der Waals surface area (Å²) in [5.74, 6) is -0.892. The Balaban J connectivity index is 0. The molecule has 0 fully saturated rings. The first-order valence-electron chi connectivity index (χ1n) is 5.05. The molecule has 0 aliphatic rings. The second kappa shape index (κ2) is 14.7. The highest BCUT2D eigenvalue weighted by Gasteiger charge is 1.94. The minimum Gasteiger partial charge on any atom is -0.480 e. The van der Waals surface area contributed by atoms with Crippen LogP contribution in [0.4, 0.5) is 0 Å². The molecule has 0 aromatic heterocycles. The summed E-state index contributed by atoms with van der Waals surface area (Å²) in [6.45, 7) is 6.50. The van der Waals surface area contributed by atoms with Crippen LogP contribution in [0, 0.1) is 0 Å². The zero-order valence-electron chi connectivity index (χ0n) is 9.45. The summed E-state index contributed by atoms with van der Waals surface area (Å²) in [7, 11) is 0. The highest BCUT2D eigenvalue weighted by molar-refractivity contribution is 5.67. The smallest absolute Gasteiger partial charge is 0.329 e. The lowest BCUT2D eigenvalue weighted by Crippen LogP contribution is -2.07. The number of ether oxygens (including phenoxy) is 1. The third kappa shape index (κ3) is 22.5. The Morgan fingerprint density at radius 3 is 2.21 bits per heavy atom. The molecule has 0 unspecified atom stereocenters. The molecule has 0 radical (unpaired) electrons. The minimum atomic E-state index is -0.892. The molecule has 84 valence electrons. The molecule has 14 heavy (non-hydrogen) atoms. The first-order chi connectivity index (χ1) is 6.68. The summed E-state index contributed by atoms with van der Waals surface area (Å²) < 4.78 is 4.80. The average molecular weight is 202 g/mol. The zero-order valence-corrected chi connectivity index (χ0v) is 9.45. The van der Waals surface area contributed by atoms with E-state index < -0.39 is 5.97 Å². The molecule has 0 bridgehead atoms. The van der Waals surface area contributed by atoms with Gasteiger partial charge in [0.1, 0.15) is 6.61 Å². The fourth-order valence-electron chi connectivity index (χ4n) is 0.614. The Hall–Kier alpha value is -0.830. The number of carboxylic acid groups (broad SMARTS) is 1. The fourth-order valence-corrected chi connectivity index (χ4v) is 0.614. The molecule has 0 aromatic carbocycles. The Kier molecular flexibility index (Phi) is 16.4. The van der Waals surface area contributed by atoms with Crippen LogP contribution in [0.3, 0.4) is 0 Å². The molecule has 0 aromatic rings. The predicted octanol–water partition coefficient (Wildman–Crippen LogP) is 2.86. The van der Waals surface area contributed by atoms with Crippen molar-refractivity contribution in [3.05, 3.63) is 12.2 Å². The minimum absolute atomic E-state index is 0.163. The van der Waals surface area contributed by atoms with Crippen LogP contribution in [-0.2, 0) is 9.53 Å². The van der Waals surface area contributed by atoms with Crippen LogP contribution in [0.2, 0.25) is 0 Å². The second-order valence-corrected chi connectivity index (χ2v) is 2.82. The molecule has 3 heteroatoms. The van der Waals surface area contributed by atoms with Crippen LogP contribution in [-0.4, -0.2) is 24.3 Å². The van der Waals surface area contributed by atoms with Crippen molar-refractivity contribution in [2.45, 2.75) is 40.0 Å². The van der Waals surface area contributed by atoms with Gasteiger partial charge in [0.25, 0.3) is 0 Å². The molecule has 0 atom stereocenters. The van der Waals surface area contributed by atoms with E-state index in [1.165, 1.54) is 0 Å². The fraction of sp³-hybridized carbons (Fsp3) is 0.727. The zero-order chi connectivity index (χ0) is 11.2. The summed E-state index contributed by atoms with van der Waals surface area (Å²) in [6, 6.07) is 0. The van der Waals surface area contributed by atoms with Gasteiger partial charge in [-0.1, -0.05) is 31.9 Å². The van der Waals surface area contributed by atoms with E-state index in [0.717, 1.165) is 19.3 Å². The van der Waals surface area contributed by atoms with Crippen molar-refractivity contribution in [1.82, 2.24) is 0 Å². The van der Waals surface area contributed by atoms with E-state index in [-0.39, 0.29) is 6.61 Å². The quantitative estimate of drug-likeness (QED) is 0.532. The highest BCUT2D eigenvalue weighted by Crippen LogP contribution is 1.93. The predicted molar refractivity (Wildman–Crippen MR) is 58.5 cm³/mol. The van der Waals surface area contributed by atoms with Crippen LogP contribution >= 0.6 is 0 Å². The van der Waals surface area contributed by atoms with E-state index in [9.17, 15) is 4.79 Å². The van der Waals surface area contributed by atoms with Gasteiger partial charge in [-0.05, 0) is 20.3 Å². The van der Waals surface area contributed by atoms with Crippen LogP contribution in [0.15, 0.2) is 12.2 Å². The number of allylic oxidation sites excluding steroid dienone is 2. The summed E-state index contributed by atoms with van der Waals surface area (Å²) >= 11 is 0. The molecule has 1 N–H and O–H groups in total. The monoisotopic (exact) mass is 202 g/mol.